The lowest BCUT2D eigenvalue weighted by Gasteiger charge is -1.99. The van der Waals surface area contributed by atoms with Crippen LogP contribution < -0.4 is 0 Å². The van der Waals surface area contributed by atoms with E-state index in [1.54, 1.807) is 0 Å². The topological polar surface area (TPSA) is 29.6 Å². The van der Waals surface area contributed by atoms with Gasteiger partial charge < -0.3 is 9.53 Å². The van der Waals surface area contributed by atoms with E-state index in [9.17, 15) is 4.79 Å². The Kier molecular flexibility index (Phi) is 2.44. The molecule has 3 atom stereocenters. The molecule has 3 unspecified atom stereocenters. The Labute approximate surface area is 61.6 Å². The van der Waals surface area contributed by atoms with Crippen molar-refractivity contribution in [3.63, 3.8) is 0 Å². The van der Waals surface area contributed by atoms with E-state index in [4.69, 9.17) is 4.74 Å². The zero-order valence-electron chi connectivity index (χ0n) is 6.54. The second-order valence-electron chi connectivity index (χ2n) is 2.76. The van der Waals surface area contributed by atoms with Gasteiger partial charge in [0.25, 0.3) is 0 Å². The van der Waals surface area contributed by atoms with Crippen molar-refractivity contribution in [3.05, 3.63) is 0 Å². The van der Waals surface area contributed by atoms with Gasteiger partial charge in [-0.2, -0.15) is 0 Å². The molecule has 1 saturated heterocycles. The van der Waals surface area contributed by atoms with Crippen LogP contribution in [0.1, 0.15) is 26.7 Å². The molecule has 0 bridgehead atoms. The minimum Gasteiger partial charge on any atom is -0.369 e. The average molecular weight is 142 g/mol. The lowest BCUT2D eigenvalue weighted by molar-refractivity contribution is -0.111. The molecule has 1 aliphatic heterocycles. The van der Waals surface area contributed by atoms with Crippen molar-refractivity contribution in [2.45, 2.75) is 38.9 Å². The summed E-state index contributed by atoms with van der Waals surface area (Å²) in [5, 5.41) is 0. The summed E-state index contributed by atoms with van der Waals surface area (Å²) < 4.78 is 5.28. The van der Waals surface area contributed by atoms with E-state index in [-0.39, 0.29) is 12.0 Å². The van der Waals surface area contributed by atoms with Crippen LogP contribution in [0.3, 0.4) is 0 Å². The van der Waals surface area contributed by atoms with Crippen molar-refractivity contribution in [2.24, 2.45) is 5.92 Å². The van der Waals surface area contributed by atoms with E-state index in [1.165, 1.54) is 0 Å². The summed E-state index contributed by atoms with van der Waals surface area (Å²) in [6.07, 6.45) is 3.57. The molecular formula is C8H14O2. The molecule has 1 rings (SSSR count). The van der Waals surface area contributed by atoms with Crippen LogP contribution in [0.4, 0.5) is 0 Å². The van der Waals surface area contributed by atoms with Crippen LogP contribution in [0.25, 0.3) is 0 Å². The third kappa shape index (κ3) is 1.37. The molecular weight excluding hydrogens is 128 g/mol. The second-order valence-corrected chi connectivity index (χ2v) is 2.76. The van der Waals surface area contributed by atoms with E-state index in [2.05, 4.69) is 6.92 Å². The summed E-state index contributed by atoms with van der Waals surface area (Å²) in [7, 11) is 0. The predicted molar refractivity (Wildman–Crippen MR) is 38.8 cm³/mol. The zero-order valence-corrected chi connectivity index (χ0v) is 6.54. The van der Waals surface area contributed by atoms with Crippen molar-refractivity contribution >= 4 is 6.29 Å². The first-order chi connectivity index (χ1) is 4.83. The first-order valence-electron chi connectivity index (χ1n) is 3.94. The number of epoxide rings is 1. The van der Waals surface area contributed by atoms with Crippen LogP contribution in [0, 0.1) is 5.92 Å². The molecule has 58 valence electrons. The normalized spacial score (nSPS) is 33.4. The largest absolute Gasteiger partial charge is 0.369 e. The molecule has 1 heterocycles. The van der Waals surface area contributed by atoms with Crippen LogP contribution in [-0.2, 0) is 9.53 Å². The van der Waals surface area contributed by atoms with E-state index in [0.29, 0.717) is 6.10 Å². The van der Waals surface area contributed by atoms with Gasteiger partial charge in [-0.05, 0) is 12.8 Å². The van der Waals surface area contributed by atoms with E-state index < -0.39 is 0 Å². The van der Waals surface area contributed by atoms with Crippen LogP contribution in [0.2, 0.25) is 0 Å². The highest BCUT2D eigenvalue weighted by Gasteiger charge is 2.42. The maximum atomic E-state index is 10.4. The van der Waals surface area contributed by atoms with Gasteiger partial charge in [0.2, 0.25) is 0 Å². The molecule has 1 fully saturated rings. The average Bonchev–Trinajstić information content (AvgIpc) is 2.70. The number of rotatable bonds is 4. The number of hydrogen-bond acceptors (Lipinski definition) is 2. The SMILES string of the molecule is CCC(C=O)C1OC1CC. The third-order valence-electron chi connectivity index (χ3n) is 2.09. The second kappa shape index (κ2) is 3.15. The first kappa shape index (κ1) is 7.73. The fourth-order valence-corrected chi connectivity index (χ4v) is 1.27. The molecule has 0 amide bonds. The van der Waals surface area contributed by atoms with Gasteiger partial charge in [-0.1, -0.05) is 13.8 Å². The highest BCUT2D eigenvalue weighted by molar-refractivity contribution is 5.55. The lowest BCUT2D eigenvalue weighted by Crippen LogP contribution is -2.10. The van der Waals surface area contributed by atoms with Crippen LogP contribution in [0.5, 0.6) is 0 Å². The molecule has 1 aliphatic rings. The van der Waals surface area contributed by atoms with Crippen LogP contribution >= 0.6 is 0 Å². The lowest BCUT2D eigenvalue weighted by atomic mass is 10.0. The first-order valence-corrected chi connectivity index (χ1v) is 3.94. The smallest absolute Gasteiger partial charge is 0.125 e. The Balaban J connectivity index is 2.29. The van der Waals surface area contributed by atoms with Gasteiger partial charge in [-0.3, -0.25) is 0 Å². The highest BCUT2D eigenvalue weighted by atomic mass is 16.6. The molecule has 0 aromatic carbocycles. The Morgan fingerprint density at radius 1 is 1.60 bits per heavy atom. The minimum atomic E-state index is 0.143. The fourth-order valence-electron chi connectivity index (χ4n) is 1.27. The summed E-state index contributed by atoms with van der Waals surface area (Å²) in [6.45, 7) is 4.11. The summed E-state index contributed by atoms with van der Waals surface area (Å²) in [5.41, 5.74) is 0. The van der Waals surface area contributed by atoms with Crippen molar-refractivity contribution in [1.29, 1.82) is 0 Å². The number of carbonyl (C=O) groups is 1. The molecule has 2 nitrogen and oxygen atoms in total. The van der Waals surface area contributed by atoms with E-state index >= 15 is 0 Å². The van der Waals surface area contributed by atoms with E-state index in [1.807, 2.05) is 6.92 Å². The zero-order chi connectivity index (χ0) is 7.56. The minimum absolute atomic E-state index is 0.143. The number of carbonyl (C=O) groups excluding carboxylic acids is 1. The predicted octanol–water partition coefficient (Wildman–Crippen LogP) is 1.39. The molecule has 0 aliphatic carbocycles. The maximum absolute atomic E-state index is 10.4. The molecule has 2 heteroatoms. The van der Waals surface area contributed by atoms with Crippen molar-refractivity contribution < 1.29 is 9.53 Å². The summed E-state index contributed by atoms with van der Waals surface area (Å²) in [5.74, 6) is 0.143. The summed E-state index contributed by atoms with van der Waals surface area (Å²) in [6, 6.07) is 0. The van der Waals surface area contributed by atoms with Gasteiger partial charge >= 0.3 is 0 Å². The summed E-state index contributed by atoms with van der Waals surface area (Å²) >= 11 is 0. The van der Waals surface area contributed by atoms with Crippen molar-refractivity contribution in [1.82, 2.24) is 0 Å². The monoisotopic (exact) mass is 142 g/mol. The number of hydrogen-bond donors (Lipinski definition) is 0. The van der Waals surface area contributed by atoms with Crippen LogP contribution in [0.15, 0.2) is 0 Å². The molecule has 10 heavy (non-hydrogen) atoms. The van der Waals surface area contributed by atoms with Gasteiger partial charge in [0.1, 0.15) is 6.29 Å². The Morgan fingerprint density at radius 3 is 2.60 bits per heavy atom. The number of aldehydes is 1. The Hall–Kier alpha value is -0.370. The van der Waals surface area contributed by atoms with E-state index in [0.717, 1.165) is 19.1 Å². The Bertz CT molecular complexity index is 122. The molecule has 0 aromatic heterocycles. The van der Waals surface area contributed by atoms with Crippen molar-refractivity contribution in [2.75, 3.05) is 0 Å². The third-order valence-corrected chi connectivity index (χ3v) is 2.09. The molecule has 0 saturated carbocycles. The van der Waals surface area contributed by atoms with Crippen molar-refractivity contribution in [3.8, 4) is 0 Å². The fraction of sp³-hybridized carbons (Fsp3) is 0.875. The van der Waals surface area contributed by atoms with Crippen LogP contribution in [-0.4, -0.2) is 18.5 Å². The summed E-state index contributed by atoms with van der Waals surface area (Å²) in [4.78, 5) is 10.4. The number of ether oxygens (including phenoxy) is 1. The van der Waals surface area contributed by atoms with Gasteiger partial charge in [0, 0.05) is 5.92 Å². The quantitative estimate of drug-likeness (QED) is 0.438. The Morgan fingerprint density at radius 2 is 2.30 bits per heavy atom. The van der Waals surface area contributed by atoms with Gasteiger partial charge in [-0.25, -0.2) is 0 Å². The van der Waals surface area contributed by atoms with Gasteiger partial charge in [0.05, 0.1) is 12.2 Å². The highest BCUT2D eigenvalue weighted by Crippen LogP contribution is 2.32. The van der Waals surface area contributed by atoms with Gasteiger partial charge in [-0.15, -0.1) is 0 Å². The molecule has 0 N–H and O–H groups in total. The van der Waals surface area contributed by atoms with Gasteiger partial charge in [0.15, 0.2) is 0 Å². The molecule has 0 radical (unpaired) electrons. The maximum Gasteiger partial charge on any atom is 0.125 e. The standard InChI is InChI=1S/C8H14O2/c1-3-6(5-9)8-7(4-2)10-8/h5-8H,3-4H2,1-2H3. The molecule has 0 spiro atoms. The molecule has 0 aromatic rings.